The molecule has 2 amide bonds. The Morgan fingerprint density at radius 2 is 1.71 bits per heavy atom. The molecule has 0 spiro atoms. The molecule has 1 aliphatic heterocycles. The highest BCUT2D eigenvalue weighted by molar-refractivity contribution is 6.35. The summed E-state index contributed by atoms with van der Waals surface area (Å²) in [6.45, 7) is 4.23. The molecule has 4 rings (SSSR count). The van der Waals surface area contributed by atoms with Gasteiger partial charge in [0.25, 0.3) is 0 Å². The number of piperidine rings is 1. The highest BCUT2D eigenvalue weighted by Gasteiger charge is 2.32. The van der Waals surface area contributed by atoms with Crippen LogP contribution in [0.3, 0.4) is 0 Å². The summed E-state index contributed by atoms with van der Waals surface area (Å²) in [4.78, 5) is 31.3. The van der Waals surface area contributed by atoms with Gasteiger partial charge < -0.3 is 10.2 Å². The van der Waals surface area contributed by atoms with Gasteiger partial charge in [0.2, 0.25) is 0 Å². The number of hydrogen-bond acceptors (Lipinski definition) is 4. The third kappa shape index (κ3) is 4.50. The van der Waals surface area contributed by atoms with Crippen LogP contribution in [0.15, 0.2) is 61.1 Å². The van der Waals surface area contributed by atoms with Crippen LogP contribution < -0.4 is 5.32 Å². The summed E-state index contributed by atoms with van der Waals surface area (Å²) >= 11 is 0. The van der Waals surface area contributed by atoms with Crippen molar-refractivity contribution >= 4 is 11.8 Å². The van der Waals surface area contributed by atoms with Crippen molar-refractivity contribution in [3.05, 3.63) is 66.6 Å². The van der Waals surface area contributed by atoms with E-state index in [-0.39, 0.29) is 18.6 Å². The lowest BCUT2D eigenvalue weighted by atomic mass is 9.97. The minimum absolute atomic E-state index is 0.0789. The van der Waals surface area contributed by atoms with Crippen molar-refractivity contribution < 1.29 is 9.59 Å². The van der Waals surface area contributed by atoms with Gasteiger partial charge in [-0.25, -0.2) is 4.68 Å². The van der Waals surface area contributed by atoms with Crippen LogP contribution in [0.4, 0.5) is 0 Å². The minimum Gasteiger partial charge on any atom is -0.344 e. The summed E-state index contributed by atoms with van der Waals surface area (Å²) in [5.41, 5.74) is 3.40. The molecule has 1 saturated heterocycles. The molecule has 0 radical (unpaired) electrons. The lowest BCUT2D eigenvalue weighted by Crippen LogP contribution is -2.52. The molecule has 0 unspecified atom stereocenters. The van der Waals surface area contributed by atoms with Crippen LogP contribution in [0.5, 0.6) is 0 Å². The highest BCUT2D eigenvalue weighted by Crippen LogP contribution is 2.24. The fourth-order valence-electron chi connectivity index (χ4n) is 4.19. The van der Waals surface area contributed by atoms with Crippen LogP contribution >= 0.6 is 0 Å². The van der Waals surface area contributed by atoms with Crippen LogP contribution in [0.2, 0.25) is 0 Å². The Hall–Kier alpha value is -3.48. The number of hydrogen-bond donors (Lipinski definition) is 1. The third-order valence-electron chi connectivity index (χ3n) is 5.83. The Kier molecular flexibility index (Phi) is 6.11. The Labute approximate surface area is 182 Å². The Morgan fingerprint density at radius 1 is 1.03 bits per heavy atom. The predicted molar refractivity (Wildman–Crippen MR) is 118 cm³/mol. The van der Waals surface area contributed by atoms with Crippen molar-refractivity contribution in [1.82, 2.24) is 25.0 Å². The van der Waals surface area contributed by atoms with Gasteiger partial charge in [-0.15, -0.1) is 0 Å². The SMILES string of the molecule is C[C@@H]1CCC[C@@H](C)N1C(=O)C(=O)NCc1cn(-c2ccccc2)nc1-c1ccncc1. The summed E-state index contributed by atoms with van der Waals surface area (Å²) in [6.07, 6.45) is 8.26. The fraction of sp³-hybridized carbons (Fsp3) is 0.333. The molecule has 7 heteroatoms. The number of rotatable bonds is 4. The molecule has 1 aliphatic rings. The van der Waals surface area contributed by atoms with E-state index in [1.165, 1.54) is 0 Å². The van der Waals surface area contributed by atoms with Gasteiger partial charge in [-0.1, -0.05) is 18.2 Å². The largest absolute Gasteiger partial charge is 0.344 e. The lowest BCUT2D eigenvalue weighted by molar-refractivity contribution is -0.150. The number of amides is 2. The second-order valence-corrected chi connectivity index (χ2v) is 8.04. The Balaban J connectivity index is 1.55. The van der Waals surface area contributed by atoms with E-state index < -0.39 is 11.8 Å². The number of aromatic nitrogens is 3. The minimum atomic E-state index is -0.575. The van der Waals surface area contributed by atoms with Crippen molar-refractivity contribution in [1.29, 1.82) is 0 Å². The van der Waals surface area contributed by atoms with Crippen molar-refractivity contribution in [3.63, 3.8) is 0 Å². The number of benzene rings is 1. The topological polar surface area (TPSA) is 80.1 Å². The first-order chi connectivity index (χ1) is 15.0. The number of nitrogens with zero attached hydrogens (tertiary/aromatic N) is 4. The summed E-state index contributed by atoms with van der Waals surface area (Å²) in [7, 11) is 0. The Bertz CT molecular complexity index is 1040. The van der Waals surface area contributed by atoms with Crippen LogP contribution in [-0.2, 0) is 16.1 Å². The summed E-state index contributed by atoms with van der Waals surface area (Å²) in [6, 6.07) is 13.7. The maximum absolute atomic E-state index is 12.8. The van der Waals surface area contributed by atoms with Gasteiger partial charge in [0.1, 0.15) is 0 Å². The van der Waals surface area contributed by atoms with Gasteiger partial charge in [-0.2, -0.15) is 5.10 Å². The maximum atomic E-state index is 12.8. The van der Waals surface area contributed by atoms with Gasteiger partial charge in [-0.3, -0.25) is 14.6 Å². The predicted octanol–water partition coefficient (Wildman–Crippen LogP) is 3.34. The van der Waals surface area contributed by atoms with E-state index in [1.807, 2.05) is 62.5 Å². The molecule has 0 aliphatic carbocycles. The first-order valence-corrected chi connectivity index (χ1v) is 10.7. The molecule has 1 aromatic carbocycles. The molecular weight excluding hydrogens is 390 g/mol. The number of carbonyl (C=O) groups excluding carboxylic acids is 2. The molecule has 0 saturated carbocycles. The average molecular weight is 418 g/mol. The van der Waals surface area contributed by atoms with E-state index in [2.05, 4.69) is 10.3 Å². The quantitative estimate of drug-likeness (QED) is 0.661. The molecule has 3 aromatic rings. The van der Waals surface area contributed by atoms with Gasteiger partial charge >= 0.3 is 11.8 Å². The smallest absolute Gasteiger partial charge is 0.312 e. The van der Waals surface area contributed by atoms with E-state index >= 15 is 0 Å². The number of para-hydroxylation sites is 1. The van der Waals surface area contributed by atoms with E-state index in [0.717, 1.165) is 41.8 Å². The fourth-order valence-corrected chi connectivity index (χ4v) is 4.19. The molecule has 0 bridgehead atoms. The number of pyridine rings is 1. The Morgan fingerprint density at radius 3 is 2.39 bits per heavy atom. The van der Waals surface area contributed by atoms with E-state index in [0.29, 0.717) is 0 Å². The zero-order chi connectivity index (χ0) is 21.8. The summed E-state index contributed by atoms with van der Waals surface area (Å²) in [5.74, 6) is -1.03. The second kappa shape index (κ2) is 9.12. The third-order valence-corrected chi connectivity index (χ3v) is 5.83. The van der Waals surface area contributed by atoms with E-state index in [9.17, 15) is 9.59 Å². The number of likely N-dealkylation sites (tertiary alicyclic amines) is 1. The number of carbonyl (C=O) groups is 2. The number of nitrogens with one attached hydrogen (secondary N) is 1. The maximum Gasteiger partial charge on any atom is 0.312 e. The first kappa shape index (κ1) is 20.8. The van der Waals surface area contributed by atoms with Crippen LogP contribution in [0, 0.1) is 0 Å². The molecule has 2 aromatic heterocycles. The van der Waals surface area contributed by atoms with Gasteiger partial charge in [-0.05, 0) is 57.4 Å². The van der Waals surface area contributed by atoms with Crippen molar-refractivity contribution in [2.75, 3.05) is 0 Å². The molecule has 3 heterocycles. The zero-order valence-electron chi connectivity index (χ0n) is 17.9. The molecule has 2 atom stereocenters. The van der Waals surface area contributed by atoms with Gasteiger partial charge in [0.05, 0.1) is 11.4 Å². The van der Waals surface area contributed by atoms with Gasteiger partial charge in [0.15, 0.2) is 0 Å². The standard InChI is InChI=1S/C24H27N5O2/c1-17-7-6-8-18(2)29(17)24(31)23(30)26-15-20-16-28(21-9-4-3-5-10-21)27-22(20)19-11-13-25-14-12-19/h3-5,9-14,16-18H,6-8,15H2,1-2H3,(H,26,30)/t17-,18-/m1/s1. The van der Waals surface area contributed by atoms with Crippen molar-refractivity contribution in [2.45, 2.75) is 51.7 Å². The molecule has 1 fully saturated rings. The lowest BCUT2D eigenvalue weighted by Gasteiger charge is -2.38. The molecule has 7 nitrogen and oxygen atoms in total. The molecule has 31 heavy (non-hydrogen) atoms. The van der Waals surface area contributed by atoms with Crippen molar-refractivity contribution in [2.24, 2.45) is 0 Å². The summed E-state index contributed by atoms with van der Waals surface area (Å²) in [5, 5.41) is 7.54. The van der Waals surface area contributed by atoms with Crippen LogP contribution in [-0.4, -0.2) is 43.6 Å². The monoisotopic (exact) mass is 417 g/mol. The molecule has 160 valence electrons. The summed E-state index contributed by atoms with van der Waals surface area (Å²) < 4.78 is 1.79. The van der Waals surface area contributed by atoms with E-state index in [1.54, 1.807) is 22.0 Å². The normalized spacial score (nSPS) is 18.6. The average Bonchev–Trinajstić information content (AvgIpc) is 3.23. The van der Waals surface area contributed by atoms with Crippen LogP contribution in [0.1, 0.15) is 38.7 Å². The highest BCUT2D eigenvalue weighted by atomic mass is 16.2. The van der Waals surface area contributed by atoms with Gasteiger partial charge in [0, 0.05) is 48.3 Å². The zero-order valence-corrected chi connectivity index (χ0v) is 17.9. The second-order valence-electron chi connectivity index (χ2n) is 8.04. The first-order valence-electron chi connectivity index (χ1n) is 10.7. The van der Waals surface area contributed by atoms with Crippen molar-refractivity contribution in [3.8, 4) is 16.9 Å². The molecular formula is C24H27N5O2. The van der Waals surface area contributed by atoms with Crippen LogP contribution in [0.25, 0.3) is 16.9 Å². The molecule has 1 N–H and O–H groups in total. The van der Waals surface area contributed by atoms with E-state index in [4.69, 9.17) is 5.10 Å².